The zero-order valence-electron chi connectivity index (χ0n) is 5.89. The predicted octanol–water partition coefficient (Wildman–Crippen LogP) is -1.07. The summed E-state index contributed by atoms with van der Waals surface area (Å²) in [6.45, 7) is 0.114. The summed E-state index contributed by atoms with van der Waals surface area (Å²) in [4.78, 5) is 21.9. The summed E-state index contributed by atoms with van der Waals surface area (Å²) in [6.07, 6.45) is 2.80. The fraction of sp³-hybridized carbons (Fsp3) is 0.429. The Hall–Kier alpha value is -1.32. The van der Waals surface area contributed by atoms with E-state index in [-0.39, 0.29) is 24.4 Å². The van der Waals surface area contributed by atoms with Crippen LogP contribution >= 0.6 is 0 Å². The molecule has 1 atom stereocenters. The molecule has 2 amide bonds. The number of nitrogens with one attached hydrogen (secondary N) is 2. The van der Waals surface area contributed by atoms with Crippen molar-refractivity contribution in [3.63, 3.8) is 0 Å². The molecule has 2 N–H and O–H groups in total. The minimum Gasteiger partial charge on any atom is -0.345 e. The number of hydrogen-bond acceptors (Lipinski definition) is 2. The normalized spacial score (nSPS) is 28.7. The van der Waals surface area contributed by atoms with E-state index >= 15 is 0 Å². The second-order valence-electron chi connectivity index (χ2n) is 2.70. The molecular weight excluding hydrogens is 144 g/mol. The van der Waals surface area contributed by atoms with Gasteiger partial charge in [0, 0.05) is 0 Å². The maximum Gasteiger partial charge on any atom is 0.247 e. The summed E-state index contributed by atoms with van der Waals surface area (Å²) in [5.74, 6) is -0.198. The van der Waals surface area contributed by atoms with Gasteiger partial charge < -0.3 is 10.6 Å². The lowest BCUT2D eigenvalue weighted by Crippen LogP contribution is -2.55. The Morgan fingerprint density at radius 2 is 2.18 bits per heavy atom. The predicted molar refractivity (Wildman–Crippen MR) is 37.6 cm³/mol. The highest BCUT2D eigenvalue weighted by molar-refractivity contribution is 5.97. The van der Waals surface area contributed by atoms with E-state index in [1.54, 1.807) is 0 Å². The molecule has 0 saturated carbocycles. The molecule has 1 fully saturated rings. The first-order chi connectivity index (χ1) is 5.27. The summed E-state index contributed by atoms with van der Waals surface area (Å²) in [7, 11) is 0. The van der Waals surface area contributed by atoms with Crippen molar-refractivity contribution < 1.29 is 9.59 Å². The lowest BCUT2D eigenvalue weighted by atomic mass is 10.2. The molecule has 0 aromatic rings. The van der Waals surface area contributed by atoms with Crippen molar-refractivity contribution in [3.05, 3.63) is 11.6 Å². The molecule has 2 rings (SSSR count). The summed E-state index contributed by atoms with van der Waals surface area (Å²) < 4.78 is 0. The van der Waals surface area contributed by atoms with E-state index in [4.69, 9.17) is 0 Å². The number of carbonyl (C=O) groups excluding carboxylic acids is 2. The summed E-state index contributed by atoms with van der Waals surface area (Å²) in [6, 6.07) is -0.378. The minimum atomic E-state index is -0.378. The van der Waals surface area contributed by atoms with Gasteiger partial charge in [-0.25, -0.2) is 0 Å². The Balaban J connectivity index is 2.10. The molecule has 1 aliphatic carbocycles. The van der Waals surface area contributed by atoms with Gasteiger partial charge in [0.1, 0.15) is 6.04 Å². The minimum absolute atomic E-state index is 0.0895. The zero-order valence-corrected chi connectivity index (χ0v) is 5.89. The van der Waals surface area contributed by atoms with Crippen LogP contribution < -0.4 is 10.6 Å². The highest BCUT2D eigenvalue weighted by Crippen LogP contribution is 2.23. The van der Waals surface area contributed by atoms with Crippen LogP contribution in [0, 0.1) is 0 Å². The number of amides is 2. The zero-order chi connectivity index (χ0) is 7.84. The Morgan fingerprint density at radius 1 is 1.45 bits per heavy atom. The van der Waals surface area contributed by atoms with Gasteiger partial charge in [0.25, 0.3) is 0 Å². The molecule has 1 aliphatic heterocycles. The van der Waals surface area contributed by atoms with Crippen LogP contribution in [0.1, 0.15) is 6.42 Å². The first-order valence-corrected chi connectivity index (χ1v) is 3.53. The molecule has 2 aliphatic rings. The van der Waals surface area contributed by atoms with Gasteiger partial charge in [-0.3, -0.25) is 9.59 Å². The number of carbonyl (C=O) groups is 2. The Morgan fingerprint density at radius 3 is 2.82 bits per heavy atom. The number of rotatable bonds is 1. The van der Waals surface area contributed by atoms with Crippen LogP contribution in [0.5, 0.6) is 0 Å². The highest BCUT2D eigenvalue weighted by Gasteiger charge is 2.31. The van der Waals surface area contributed by atoms with Crippen molar-refractivity contribution in [2.75, 3.05) is 6.54 Å². The average molecular weight is 152 g/mol. The Bertz CT molecular complexity index is 257. The molecule has 0 spiro atoms. The largest absolute Gasteiger partial charge is 0.345 e. The summed E-state index contributed by atoms with van der Waals surface area (Å²) in [5, 5.41) is 5.12. The molecule has 0 bridgehead atoms. The van der Waals surface area contributed by atoms with Crippen molar-refractivity contribution in [1.29, 1.82) is 0 Å². The van der Waals surface area contributed by atoms with E-state index in [0.29, 0.717) is 0 Å². The number of piperazine rings is 1. The third-order valence-corrected chi connectivity index (χ3v) is 1.80. The fourth-order valence-corrected chi connectivity index (χ4v) is 1.10. The molecule has 0 unspecified atom stereocenters. The molecule has 0 aromatic heterocycles. The average Bonchev–Trinajstić information content (AvgIpc) is 2.76. The smallest absolute Gasteiger partial charge is 0.247 e. The van der Waals surface area contributed by atoms with E-state index in [2.05, 4.69) is 10.6 Å². The molecule has 1 heterocycles. The van der Waals surface area contributed by atoms with Gasteiger partial charge >= 0.3 is 0 Å². The summed E-state index contributed by atoms with van der Waals surface area (Å²) in [5.41, 5.74) is 1.02. The Labute approximate surface area is 63.7 Å². The van der Waals surface area contributed by atoms with Gasteiger partial charge in [-0.1, -0.05) is 6.08 Å². The van der Waals surface area contributed by atoms with E-state index in [9.17, 15) is 9.59 Å². The first-order valence-electron chi connectivity index (χ1n) is 3.53. The lowest BCUT2D eigenvalue weighted by molar-refractivity contribution is -0.132. The van der Waals surface area contributed by atoms with Crippen LogP contribution in [-0.2, 0) is 9.59 Å². The molecular formula is C7H8N2O2. The van der Waals surface area contributed by atoms with Gasteiger partial charge in [0.05, 0.1) is 6.54 Å². The van der Waals surface area contributed by atoms with Crippen LogP contribution in [0.25, 0.3) is 0 Å². The molecule has 58 valence electrons. The second-order valence-corrected chi connectivity index (χ2v) is 2.70. The van der Waals surface area contributed by atoms with Crippen molar-refractivity contribution in [2.24, 2.45) is 0 Å². The number of hydrogen-bond donors (Lipinski definition) is 2. The van der Waals surface area contributed by atoms with Gasteiger partial charge in [-0.15, -0.1) is 0 Å². The summed E-state index contributed by atoms with van der Waals surface area (Å²) >= 11 is 0. The molecule has 11 heavy (non-hydrogen) atoms. The van der Waals surface area contributed by atoms with Crippen molar-refractivity contribution in [3.8, 4) is 0 Å². The van der Waals surface area contributed by atoms with E-state index in [1.807, 2.05) is 6.08 Å². The third-order valence-electron chi connectivity index (χ3n) is 1.80. The number of allylic oxidation sites excluding steroid dienone is 1. The van der Waals surface area contributed by atoms with Crippen LogP contribution in [-0.4, -0.2) is 24.4 Å². The van der Waals surface area contributed by atoms with Gasteiger partial charge in [0.15, 0.2) is 0 Å². The topological polar surface area (TPSA) is 58.2 Å². The SMILES string of the molecule is O=C1CNC(=O)[C@@H](C2=CC2)N1. The standard InChI is InChI=1S/C7H8N2O2/c10-5-3-8-7(11)6(9-5)4-1-2-4/h1,6H,2-3H2,(H,8,11)(H,9,10)/t6-/m1/s1. The molecule has 0 aromatic carbocycles. The van der Waals surface area contributed by atoms with Gasteiger partial charge in [0.2, 0.25) is 11.8 Å². The van der Waals surface area contributed by atoms with E-state index in [0.717, 1.165) is 12.0 Å². The van der Waals surface area contributed by atoms with Crippen LogP contribution in [0.3, 0.4) is 0 Å². The van der Waals surface area contributed by atoms with Crippen LogP contribution in [0.4, 0.5) is 0 Å². The van der Waals surface area contributed by atoms with Crippen LogP contribution in [0.2, 0.25) is 0 Å². The molecule has 4 heteroatoms. The third kappa shape index (κ3) is 1.11. The lowest BCUT2D eigenvalue weighted by Gasteiger charge is -2.21. The van der Waals surface area contributed by atoms with E-state index < -0.39 is 0 Å². The van der Waals surface area contributed by atoms with Gasteiger partial charge in [-0.2, -0.15) is 0 Å². The quantitative estimate of drug-likeness (QED) is 0.470. The van der Waals surface area contributed by atoms with Crippen LogP contribution in [0.15, 0.2) is 11.6 Å². The second kappa shape index (κ2) is 2.08. The van der Waals surface area contributed by atoms with Crippen molar-refractivity contribution in [2.45, 2.75) is 12.5 Å². The first kappa shape index (κ1) is 6.39. The maximum absolute atomic E-state index is 11.1. The van der Waals surface area contributed by atoms with Crippen molar-refractivity contribution >= 4 is 11.8 Å². The maximum atomic E-state index is 11.1. The van der Waals surface area contributed by atoms with Crippen molar-refractivity contribution in [1.82, 2.24) is 10.6 Å². The molecule has 4 nitrogen and oxygen atoms in total. The molecule has 0 radical (unpaired) electrons. The Kier molecular flexibility index (Phi) is 1.21. The van der Waals surface area contributed by atoms with E-state index in [1.165, 1.54) is 0 Å². The fourth-order valence-electron chi connectivity index (χ4n) is 1.10. The molecule has 1 saturated heterocycles. The van der Waals surface area contributed by atoms with Gasteiger partial charge in [-0.05, 0) is 12.0 Å². The monoisotopic (exact) mass is 152 g/mol. The highest BCUT2D eigenvalue weighted by atomic mass is 16.2.